The van der Waals surface area contributed by atoms with Crippen LogP contribution in [0.5, 0.6) is 5.75 Å². The maximum Gasteiger partial charge on any atom is 0.148 e. The van der Waals surface area contributed by atoms with Crippen molar-refractivity contribution in [3.05, 3.63) is 54.5 Å². The van der Waals surface area contributed by atoms with Crippen LogP contribution in [0.4, 0.5) is 11.5 Å². The highest BCUT2D eigenvalue weighted by atomic mass is 16.5. The van der Waals surface area contributed by atoms with Gasteiger partial charge in [0.05, 0.1) is 19.0 Å². The Bertz CT molecular complexity index is 833. The van der Waals surface area contributed by atoms with Crippen molar-refractivity contribution in [1.82, 2.24) is 9.97 Å². The van der Waals surface area contributed by atoms with Crippen LogP contribution in [0.25, 0.3) is 10.8 Å². The number of nitrogens with one attached hydrogen (secondary N) is 2. The van der Waals surface area contributed by atoms with Crippen LogP contribution in [-0.4, -0.2) is 22.9 Å². The second-order valence-corrected chi connectivity index (χ2v) is 4.71. The van der Waals surface area contributed by atoms with Gasteiger partial charge in [-0.1, -0.05) is 18.2 Å². The quantitative estimate of drug-likeness (QED) is 0.507. The number of ether oxygens (including phenoxy) is 1. The molecule has 0 saturated heterocycles. The fourth-order valence-electron chi connectivity index (χ4n) is 2.26. The highest BCUT2D eigenvalue weighted by Gasteiger charge is 2.11. The predicted molar refractivity (Wildman–Crippen MR) is 86.8 cm³/mol. The monoisotopic (exact) mass is 293 g/mol. The largest absolute Gasteiger partial charge is 0.495 e. The van der Waals surface area contributed by atoms with Crippen molar-refractivity contribution in [3.8, 4) is 5.75 Å². The Hall–Kier alpha value is -3.15. The minimum atomic E-state index is 0.0233. The molecule has 0 amide bonds. The van der Waals surface area contributed by atoms with Gasteiger partial charge in [0.2, 0.25) is 0 Å². The summed E-state index contributed by atoms with van der Waals surface area (Å²) in [4.78, 5) is 8.26. The van der Waals surface area contributed by atoms with Crippen LogP contribution < -0.4 is 15.8 Å². The molecule has 6 heteroatoms. The Morgan fingerprint density at radius 1 is 1.23 bits per heavy atom. The summed E-state index contributed by atoms with van der Waals surface area (Å²) in [7, 11) is 1.61. The second kappa shape index (κ2) is 5.69. The van der Waals surface area contributed by atoms with E-state index in [1.54, 1.807) is 25.7 Å². The molecule has 0 saturated carbocycles. The maximum atomic E-state index is 7.60. The van der Waals surface area contributed by atoms with Gasteiger partial charge in [-0.2, -0.15) is 0 Å². The Labute approximate surface area is 127 Å². The Kier molecular flexibility index (Phi) is 3.57. The third-order valence-corrected chi connectivity index (χ3v) is 3.33. The van der Waals surface area contributed by atoms with Gasteiger partial charge < -0.3 is 15.8 Å². The molecule has 0 bridgehead atoms. The smallest absolute Gasteiger partial charge is 0.148 e. The molecular weight excluding hydrogens is 278 g/mol. The minimum Gasteiger partial charge on any atom is -0.495 e. The molecule has 0 unspecified atom stereocenters. The number of aromatic nitrogens is 2. The number of methoxy groups -OCH3 is 1. The molecule has 0 radical (unpaired) electrons. The van der Waals surface area contributed by atoms with Crippen molar-refractivity contribution in [1.29, 1.82) is 5.41 Å². The molecule has 0 aliphatic carbocycles. The summed E-state index contributed by atoms with van der Waals surface area (Å²) in [6.07, 6.45) is 4.85. The molecule has 6 nitrogen and oxygen atoms in total. The molecule has 4 N–H and O–H groups in total. The van der Waals surface area contributed by atoms with Gasteiger partial charge in [0.15, 0.2) is 0 Å². The average Bonchev–Trinajstić information content (AvgIpc) is 2.55. The lowest BCUT2D eigenvalue weighted by Crippen LogP contribution is -2.10. The van der Waals surface area contributed by atoms with Crippen LogP contribution in [0.3, 0.4) is 0 Å². The van der Waals surface area contributed by atoms with E-state index in [1.165, 1.54) is 0 Å². The number of hydrogen-bond acceptors (Lipinski definition) is 5. The molecule has 22 heavy (non-hydrogen) atoms. The number of rotatable bonds is 4. The summed E-state index contributed by atoms with van der Waals surface area (Å²) < 4.78 is 5.43. The molecule has 3 rings (SSSR count). The summed E-state index contributed by atoms with van der Waals surface area (Å²) in [5, 5.41) is 12.7. The summed E-state index contributed by atoms with van der Waals surface area (Å²) in [5.41, 5.74) is 7.01. The Morgan fingerprint density at radius 2 is 2.05 bits per heavy atom. The minimum absolute atomic E-state index is 0.0233. The van der Waals surface area contributed by atoms with Crippen molar-refractivity contribution in [2.24, 2.45) is 5.73 Å². The lowest BCUT2D eigenvalue weighted by Gasteiger charge is -2.14. The SMILES string of the molecule is COc1ccc2ccc(C(=N)N)cc2c1Nc1cnccn1. The normalized spacial score (nSPS) is 10.4. The summed E-state index contributed by atoms with van der Waals surface area (Å²) in [6, 6.07) is 9.45. The lowest BCUT2D eigenvalue weighted by molar-refractivity contribution is 0.417. The van der Waals surface area contributed by atoms with Crippen molar-refractivity contribution in [2.75, 3.05) is 12.4 Å². The molecule has 110 valence electrons. The first-order valence-corrected chi connectivity index (χ1v) is 6.67. The van der Waals surface area contributed by atoms with E-state index in [2.05, 4.69) is 15.3 Å². The van der Waals surface area contributed by atoms with Gasteiger partial charge in [-0.05, 0) is 17.5 Å². The number of nitrogen functional groups attached to an aromatic ring is 1. The van der Waals surface area contributed by atoms with Crippen LogP contribution >= 0.6 is 0 Å². The van der Waals surface area contributed by atoms with E-state index in [9.17, 15) is 0 Å². The van der Waals surface area contributed by atoms with Crippen LogP contribution in [-0.2, 0) is 0 Å². The second-order valence-electron chi connectivity index (χ2n) is 4.71. The van der Waals surface area contributed by atoms with Crippen LogP contribution in [0.1, 0.15) is 5.56 Å². The third-order valence-electron chi connectivity index (χ3n) is 3.33. The third kappa shape index (κ3) is 2.54. The number of hydrogen-bond donors (Lipinski definition) is 3. The van der Waals surface area contributed by atoms with Crippen LogP contribution in [0, 0.1) is 5.41 Å². The molecular formula is C16H15N5O. The number of fused-ring (bicyclic) bond motifs is 1. The summed E-state index contributed by atoms with van der Waals surface area (Å²) in [5.74, 6) is 1.32. The van der Waals surface area contributed by atoms with E-state index in [1.807, 2.05) is 30.3 Å². The molecule has 1 aromatic heterocycles. The van der Waals surface area contributed by atoms with Gasteiger partial charge in [-0.25, -0.2) is 4.98 Å². The average molecular weight is 293 g/mol. The van der Waals surface area contributed by atoms with E-state index in [4.69, 9.17) is 15.9 Å². The first kappa shape index (κ1) is 13.8. The van der Waals surface area contributed by atoms with Crippen LogP contribution in [0.15, 0.2) is 48.9 Å². The molecule has 0 aliphatic rings. The highest BCUT2D eigenvalue weighted by molar-refractivity contribution is 6.04. The van der Waals surface area contributed by atoms with Crippen molar-refractivity contribution in [2.45, 2.75) is 0 Å². The van der Waals surface area contributed by atoms with Crippen molar-refractivity contribution < 1.29 is 4.74 Å². The standard InChI is InChI=1S/C16H15N5O/c1-22-13-5-4-10-2-3-11(16(17)18)8-12(10)15(13)21-14-9-19-6-7-20-14/h2-9H,1H3,(H3,17,18)(H,20,21). The van der Waals surface area contributed by atoms with E-state index >= 15 is 0 Å². The van der Waals surface area contributed by atoms with Crippen molar-refractivity contribution in [3.63, 3.8) is 0 Å². The number of anilines is 2. The van der Waals surface area contributed by atoms with E-state index in [-0.39, 0.29) is 5.84 Å². The summed E-state index contributed by atoms with van der Waals surface area (Å²) >= 11 is 0. The zero-order valence-electron chi connectivity index (χ0n) is 12.0. The zero-order chi connectivity index (χ0) is 15.5. The van der Waals surface area contributed by atoms with Gasteiger partial charge in [-0.3, -0.25) is 10.4 Å². The molecule has 0 aliphatic heterocycles. The topological polar surface area (TPSA) is 96.9 Å². The fraction of sp³-hybridized carbons (Fsp3) is 0.0625. The Morgan fingerprint density at radius 3 is 2.73 bits per heavy atom. The predicted octanol–water partition coefficient (Wildman–Crippen LogP) is 2.67. The number of benzene rings is 2. The highest BCUT2D eigenvalue weighted by Crippen LogP contribution is 2.35. The van der Waals surface area contributed by atoms with Crippen LogP contribution in [0.2, 0.25) is 0 Å². The van der Waals surface area contributed by atoms with E-state index in [0.717, 1.165) is 16.5 Å². The van der Waals surface area contributed by atoms with Gasteiger partial charge >= 0.3 is 0 Å². The van der Waals surface area contributed by atoms with Gasteiger partial charge in [0.1, 0.15) is 17.4 Å². The molecule has 3 aromatic rings. The maximum absolute atomic E-state index is 7.60. The van der Waals surface area contributed by atoms with Gasteiger partial charge in [-0.15, -0.1) is 0 Å². The molecule has 0 spiro atoms. The first-order chi connectivity index (χ1) is 10.7. The van der Waals surface area contributed by atoms with Gasteiger partial charge in [0, 0.05) is 23.3 Å². The number of nitrogens with two attached hydrogens (primary N) is 1. The first-order valence-electron chi connectivity index (χ1n) is 6.67. The molecule has 0 atom stereocenters. The lowest BCUT2D eigenvalue weighted by atomic mass is 10.0. The van der Waals surface area contributed by atoms with E-state index in [0.29, 0.717) is 17.1 Å². The van der Waals surface area contributed by atoms with Gasteiger partial charge in [0.25, 0.3) is 0 Å². The van der Waals surface area contributed by atoms with E-state index < -0.39 is 0 Å². The Balaban J connectivity index is 2.19. The molecule has 2 aromatic carbocycles. The molecule has 1 heterocycles. The number of amidine groups is 1. The fourth-order valence-corrected chi connectivity index (χ4v) is 2.26. The molecule has 0 fully saturated rings. The van der Waals surface area contributed by atoms with Crippen molar-refractivity contribution >= 4 is 28.1 Å². The summed E-state index contributed by atoms with van der Waals surface area (Å²) in [6.45, 7) is 0. The zero-order valence-corrected chi connectivity index (χ0v) is 12.0. The number of nitrogens with zero attached hydrogens (tertiary/aromatic N) is 2.